The summed E-state index contributed by atoms with van der Waals surface area (Å²) in [6, 6.07) is 10.5. The van der Waals surface area contributed by atoms with E-state index in [2.05, 4.69) is 29.9 Å². The monoisotopic (exact) mass is 378 g/mol. The van der Waals surface area contributed by atoms with Crippen molar-refractivity contribution >= 4 is 10.9 Å². The molecule has 6 heteroatoms. The van der Waals surface area contributed by atoms with Crippen LogP contribution in [-0.4, -0.2) is 22.1 Å². The van der Waals surface area contributed by atoms with Crippen molar-refractivity contribution in [2.24, 2.45) is 11.7 Å². The lowest BCUT2D eigenvalue weighted by Gasteiger charge is -2.26. The summed E-state index contributed by atoms with van der Waals surface area (Å²) in [5, 5.41) is 9.87. The molecule has 28 heavy (non-hydrogen) atoms. The Balaban J connectivity index is 1.87. The molecule has 0 saturated carbocycles. The molecule has 2 N–H and O–H groups in total. The third-order valence-electron chi connectivity index (χ3n) is 4.40. The fourth-order valence-electron chi connectivity index (χ4n) is 3.37. The van der Waals surface area contributed by atoms with E-state index in [0.717, 1.165) is 17.4 Å². The Kier molecular flexibility index (Phi) is 5.57. The van der Waals surface area contributed by atoms with Crippen molar-refractivity contribution in [1.82, 2.24) is 9.97 Å². The highest BCUT2D eigenvalue weighted by Crippen LogP contribution is 2.30. The van der Waals surface area contributed by atoms with Gasteiger partial charge in [0.25, 0.3) is 0 Å². The SMILES string of the molecule is CC(C)CC(C)(N)COc1ncc(-c2ccnc3cc(C#N)ccc23)cc1F. The zero-order valence-corrected chi connectivity index (χ0v) is 16.2. The van der Waals surface area contributed by atoms with Gasteiger partial charge >= 0.3 is 0 Å². The molecule has 2 aromatic heterocycles. The molecule has 0 radical (unpaired) electrons. The maximum atomic E-state index is 14.6. The molecule has 3 rings (SSSR count). The van der Waals surface area contributed by atoms with Gasteiger partial charge in [0.2, 0.25) is 5.88 Å². The zero-order valence-electron chi connectivity index (χ0n) is 16.2. The van der Waals surface area contributed by atoms with E-state index in [0.29, 0.717) is 22.6 Å². The van der Waals surface area contributed by atoms with Crippen LogP contribution in [0.2, 0.25) is 0 Å². The smallest absolute Gasteiger partial charge is 0.250 e. The van der Waals surface area contributed by atoms with E-state index in [1.165, 1.54) is 6.07 Å². The van der Waals surface area contributed by atoms with Crippen LogP contribution in [0.15, 0.2) is 42.7 Å². The summed E-state index contributed by atoms with van der Waals surface area (Å²) in [7, 11) is 0. The molecule has 1 aromatic carbocycles. The summed E-state index contributed by atoms with van der Waals surface area (Å²) in [6.07, 6.45) is 3.97. The summed E-state index contributed by atoms with van der Waals surface area (Å²) in [6.45, 7) is 6.23. The van der Waals surface area contributed by atoms with Crippen LogP contribution in [0.3, 0.4) is 0 Å². The molecule has 3 aromatic rings. The molecular weight excluding hydrogens is 355 g/mol. The number of nitrogens with two attached hydrogens (primary N) is 1. The number of ether oxygens (including phenoxy) is 1. The Morgan fingerprint density at radius 1 is 1.25 bits per heavy atom. The first kappa shape index (κ1) is 19.7. The van der Waals surface area contributed by atoms with E-state index in [1.807, 2.05) is 13.0 Å². The van der Waals surface area contributed by atoms with Crippen molar-refractivity contribution < 1.29 is 9.13 Å². The van der Waals surface area contributed by atoms with Gasteiger partial charge in [0.15, 0.2) is 5.82 Å². The first-order valence-electron chi connectivity index (χ1n) is 9.15. The quantitative estimate of drug-likeness (QED) is 0.685. The van der Waals surface area contributed by atoms with E-state index >= 15 is 0 Å². The Hall–Kier alpha value is -3.04. The number of hydrogen-bond donors (Lipinski definition) is 1. The highest BCUT2D eigenvalue weighted by molar-refractivity contribution is 5.94. The number of aromatic nitrogens is 2. The van der Waals surface area contributed by atoms with Gasteiger partial charge in [-0.3, -0.25) is 4.98 Å². The molecule has 1 unspecified atom stereocenters. The van der Waals surface area contributed by atoms with E-state index in [9.17, 15) is 4.39 Å². The summed E-state index contributed by atoms with van der Waals surface area (Å²) in [5.74, 6) is -0.189. The van der Waals surface area contributed by atoms with Crippen LogP contribution in [-0.2, 0) is 0 Å². The van der Waals surface area contributed by atoms with Gasteiger partial charge in [-0.25, -0.2) is 9.37 Å². The zero-order chi connectivity index (χ0) is 20.3. The Labute approximate surface area is 164 Å². The number of rotatable bonds is 6. The van der Waals surface area contributed by atoms with Crippen molar-refractivity contribution in [2.45, 2.75) is 32.7 Å². The highest BCUT2D eigenvalue weighted by Gasteiger charge is 2.22. The second kappa shape index (κ2) is 7.91. The standard InChI is InChI=1S/C22H23FN4O/c1-14(2)10-22(3,25)13-28-21-19(23)9-16(12-27-21)17-6-7-26-20-8-15(11-24)4-5-18(17)20/h4-9,12,14H,10,13,25H2,1-3H3. The average Bonchev–Trinajstić information content (AvgIpc) is 2.65. The van der Waals surface area contributed by atoms with Gasteiger partial charge < -0.3 is 10.5 Å². The summed E-state index contributed by atoms with van der Waals surface area (Å²) >= 11 is 0. The number of pyridine rings is 2. The van der Waals surface area contributed by atoms with Gasteiger partial charge in [-0.1, -0.05) is 19.9 Å². The van der Waals surface area contributed by atoms with Crippen LogP contribution in [0.5, 0.6) is 5.88 Å². The molecule has 0 fully saturated rings. The Morgan fingerprint density at radius 2 is 2.04 bits per heavy atom. The van der Waals surface area contributed by atoms with Gasteiger partial charge in [-0.15, -0.1) is 0 Å². The lowest BCUT2D eigenvalue weighted by Crippen LogP contribution is -2.43. The predicted molar refractivity (Wildman–Crippen MR) is 107 cm³/mol. The van der Waals surface area contributed by atoms with Gasteiger partial charge in [0.1, 0.15) is 6.61 Å². The minimum absolute atomic E-state index is 0.0608. The molecule has 0 amide bonds. The number of hydrogen-bond acceptors (Lipinski definition) is 5. The van der Waals surface area contributed by atoms with Gasteiger partial charge in [-0.2, -0.15) is 5.26 Å². The minimum atomic E-state index is -0.555. The van der Waals surface area contributed by atoms with Gasteiger partial charge in [-0.05, 0) is 49.1 Å². The number of benzene rings is 1. The molecular formula is C22H23FN4O. The first-order chi connectivity index (χ1) is 13.3. The lowest BCUT2D eigenvalue weighted by atomic mass is 9.93. The topological polar surface area (TPSA) is 84.8 Å². The minimum Gasteiger partial charge on any atom is -0.474 e. The molecule has 1 atom stereocenters. The summed E-state index contributed by atoms with van der Waals surface area (Å²) < 4.78 is 20.2. The van der Waals surface area contributed by atoms with Gasteiger partial charge in [0.05, 0.1) is 17.1 Å². The Bertz CT molecular complexity index is 1040. The first-order valence-corrected chi connectivity index (χ1v) is 9.15. The van der Waals surface area contributed by atoms with Crippen molar-refractivity contribution in [2.75, 3.05) is 6.61 Å². The van der Waals surface area contributed by atoms with Crippen LogP contribution in [0.1, 0.15) is 32.8 Å². The van der Waals surface area contributed by atoms with E-state index in [1.54, 1.807) is 30.6 Å². The van der Waals surface area contributed by atoms with Crippen molar-refractivity contribution in [3.63, 3.8) is 0 Å². The molecule has 5 nitrogen and oxygen atoms in total. The lowest BCUT2D eigenvalue weighted by molar-refractivity contribution is 0.193. The van der Waals surface area contributed by atoms with E-state index in [4.69, 9.17) is 15.7 Å². The summed E-state index contributed by atoms with van der Waals surface area (Å²) in [5.41, 5.74) is 8.26. The third-order valence-corrected chi connectivity index (χ3v) is 4.40. The van der Waals surface area contributed by atoms with Crippen molar-refractivity contribution in [1.29, 1.82) is 5.26 Å². The number of halogens is 1. The molecule has 0 aliphatic carbocycles. The number of nitriles is 1. The fourth-order valence-corrected chi connectivity index (χ4v) is 3.37. The largest absolute Gasteiger partial charge is 0.474 e. The molecule has 144 valence electrons. The maximum absolute atomic E-state index is 14.6. The maximum Gasteiger partial charge on any atom is 0.250 e. The molecule has 0 aliphatic heterocycles. The molecule has 0 saturated heterocycles. The second-order valence-electron chi connectivity index (χ2n) is 7.75. The number of fused-ring (bicyclic) bond motifs is 1. The Morgan fingerprint density at radius 3 is 2.71 bits per heavy atom. The van der Waals surface area contributed by atoms with Crippen LogP contribution in [0.25, 0.3) is 22.0 Å². The van der Waals surface area contributed by atoms with Crippen molar-refractivity contribution in [3.8, 4) is 23.1 Å². The van der Waals surface area contributed by atoms with Gasteiger partial charge in [0, 0.05) is 28.9 Å². The number of nitrogens with zero attached hydrogens (tertiary/aromatic N) is 3. The van der Waals surface area contributed by atoms with Crippen LogP contribution < -0.4 is 10.5 Å². The molecule has 0 spiro atoms. The van der Waals surface area contributed by atoms with Crippen LogP contribution >= 0.6 is 0 Å². The predicted octanol–water partition coefficient (Wildman–Crippen LogP) is 4.45. The highest BCUT2D eigenvalue weighted by atomic mass is 19.1. The summed E-state index contributed by atoms with van der Waals surface area (Å²) in [4.78, 5) is 8.44. The normalized spacial score (nSPS) is 13.3. The average molecular weight is 378 g/mol. The molecule has 0 bridgehead atoms. The fraction of sp³-hybridized carbons (Fsp3) is 0.318. The molecule has 0 aliphatic rings. The van der Waals surface area contributed by atoms with Crippen LogP contribution in [0, 0.1) is 23.1 Å². The second-order valence-corrected chi connectivity index (χ2v) is 7.75. The van der Waals surface area contributed by atoms with Crippen molar-refractivity contribution in [3.05, 3.63) is 54.1 Å². The van der Waals surface area contributed by atoms with Crippen LogP contribution in [0.4, 0.5) is 4.39 Å². The van der Waals surface area contributed by atoms with E-state index in [-0.39, 0.29) is 12.5 Å². The molecule has 2 heterocycles. The van der Waals surface area contributed by atoms with E-state index < -0.39 is 11.4 Å². The third kappa shape index (κ3) is 4.44.